The summed E-state index contributed by atoms with van der Waals surface area (Å²) < 4.78 is 37.8. The first-order valence-corrected chi connectivity index (χ1v) is 21.2. The second-order valence-corrected chi connectivity index (χ2v) is 14.9. The van der Waals surface area contributed by atoms with Gasteiger partial charge in [0.1, 0.15) is 0 Å². The summed E-state index contributed by atoms with van der Waals surface area (Å²) in [4.78, 5) is 61.0. The lowest BCUT2D eigenvalue weighted by Crippen LogP contribution is -2.41. The van der Waals surface area contributed by atoms with Crippen LogP contribution in [0.3, 0.4) is 0 Å². The summed E-state index contributed by atoms with van der Waals surface area (Å²) in [5.41, 5.74) is -1.13. The van der Waals surface area contributed by atoms with Gasteiger partial charge in [-0.25, -0.2) is 19.8 Å². The minimum absolute atomic E-state index is 0.0126. The average Bonchev–Trinajstić information content (AvgIpc) is 3.22. The lowest BCUT2D eigenvalue weighted by Gasteiger charge is -2.30. The summed E-state index contributed by atoms with van der Waals surface area (Å²) in [7, 11) is 2.80. The molecular weight excluding hydrogens is 742 g/mol. The Balaban J connectivity index is 1.75. The van der Waals surface area contributed by atoms with Crippen LogP contribution in [0.1, 0.15) is 148 Å². The van der Waals surface area contributed by atoms with Crippen molar-refractivity contribution in [2.45, 2.75) is 166 Å². The lowest BCUT2D eigenvalue weighted by atomic mass is 10.1. The highest BCUT2D eigenvalue weighted by molar-refractivity contribution is 5.75. The van der Waals surface area contributed by atoms with Crippen LogP contribution in [0.5, 0.6) is 0 Å². The van der Waals surface area contributed by atoms with E-state index in [0.29, 0.717) is 39.1 Å². The molecule has 0 bridgehead atoms. The van der Waals surface area contributed by atoms with Crippen LogP contribution in [0.4, 0.5) is 0 Å². The number of ether oxygens (including phenoxy) is 7. The third-order valence-corrected chi connectivity index (χ3v) is 9.79. The maximum Gasteiger partial charge on any atom is 0.305 e. The Morgan fingerprint density at radius 1 is 0.614 bits per heavy atom. The Labute approximate surface area is 340 Å². The fourth-order valence-corrected chi connectivity index (χ4v) is 6.37. The van der Waals surface area contributed by atoms with E-state index in [1.165, 1.54) is 24.3 Å². The number of amides is 2. The molecule has 328 valence electrons. The van der Waals surface area contributed by atoms with Gasteiger partial charge in [0, 0.05) is 52.0 Å². The highest BCUT2D eigenvalue weighted by Crippen LogP contribution is 2.19. The molecule has 2 rings (SSSR count). The Morgan fingerprint density at radius 2 is 1.02 bits per heavy atom. The molecule has 2 atom stereocenters. The molecule has 0 aromatic heterocycles. The molecule has 0 radical (unpaired) electrons. The van der Waals surface area contributed by atoms with Crippen molar-refractivity contribution in [1.82, 2.24) is 10.1 Å². The second-order valence-electron chi connectivity index (χ2n) is 14.9. The number of nitriles is 1. The molecule has 2 aliphatic rings. The Kier molecular flexibility index (Phi) is 28.0. The molecule has 57 heavy (non-hydrogen) atoms. The minimum Gasteiger partial charge on any atom is -0.469 e. The van der Waals surface area contributed by atoms with E-state index >= 15 is 0 Å². The van der Waals surface area contributed by atoms with E-state index in [-0.39, 0.29) is 63.0 Å². The molecule has 16 nitrogen and oxygen atoms in total. The normalized spacial score (nSPS) is 17.9. The monoisotopic (exact) mass is 813 g/mol. The Hall–Kier alpha value is -3.07. The van der Waals surface area contributed by atoms with Crippen molar-refractivity contribution in [3.63, 3.8) is 0 Å². The fourth-order valence-electron chi connectivity index (χ4n) is 6.37. The first kappa shape index (κ1) is 50.1. The molecular formula is C41H71N3O13. The van der Waals surface area contributed by atoms with Crippen LogP contribution in [-0.2, 0) is 62.0 Å². The third kappa shape index (κ3) is 24.5. The topological polar surface area (TPSA) is 182 Å². The number of methoxy groups -OCH3 is 2. The molecule has 0 aliphatic carbocycles. The van der Waals surface area contributed by atoms with Crippen LogP contribution >= 0.6 is 0 Å². The second kappa shape index (κ2) is 31.9. The molecule has 0 N–H and O–H groups in total. The van der Waals surface area contributed by atoms with Crippen LogP contribution < -0.4 is 0 Å². The zero-order valence-corrected chi connectivity index (χ0v) is 35.0. The molecule has 0 aromatic carbocycles. The van der Waals surface area contributed by atoms with Gasteiger partial charge in [-0.15, -0.1) is 0 Å². The van der Waals surface area contributed by atoms with Gasteiger partial charge in [-0.05, 0) is 58.3 Å². The smallest absolute Gasteiger partial charge is 0.305 e. The Bertz CT molecular complexity index is 1070. The van der Waals surface area contributed by atoms with Crippen molar-refractivity contribution in [3.05, 3.63) is 0 Å². The molecule has 2 fully saturated rings. The number of hydrogen-bond donors (Lipinski definition) is 0. The maximum atomic E-state index is 13.2. The minimum atomic E-state index is -1.13. The number of hydroxylamine groups is 4. The van der Waals surface area contributed by atoms with Gasteiger partial charge in [0.25, 0.3) is 6.26 Å². The molecule has 2 unspecified atom stereocenters. The van der Waals surface area contributed by atoms with Crippen molar-refractivity contribution >= 4 is 23.8 Å². The molecule has 0 aromatic rings. The first-order chi connectivity index (χ1) is 27.7. The molecule has 2 saturated heterocycles. The predicted octanol–water partition coefficient (Wildman–Crippen LogP) is 6.44. The van der Waals surface area contributed by atoms with Crippen molar-refractivity contribution in [2.75, 3.05) is 67.0 Å². The van der Waals surface area contributed by atoms with Gasteiger partial charge >= 0.3 is 11.9 Å². The van der Waals surface area contributed by atoms with Gasteiger partial charge in [0.05, 0.1) is 53.5 Å². The Morgan fingerprint density at radius 3 is 1.39 bits per heavy atom. The number of nitrogens with zero attached hydrogens (tertiary/aromatic N) is 3. The van der Waals surface area contributed by atoms with Crippen LogP contribution in [0.25, 0.3) is 0 Å². The highest BCUT2D eigenvalue weighted by Gasteiger charge is 2.29. The number of unbranched alkanes of at least 4 members (excludes halogenated alkanes) is 10. The summed E-state index contributed by atoms with van der Waals surface area (Å²) in [6.07, 6.45) is 18.0. The molecule has 2 amide bonds. The van der Waals surface area contributed by atoms with Crippen molar-refractivity contribution in [2.24, 2.45) is 0 Å². The van der Waals surface area contributed by atoms with Gasteiger partial charge < -0.3 is 33.2 Å². The van der Waals surface area contributed by atoms with Crippen molar-refractivity contribution < 1.29 is 62.0 Å². The molecule has 2 aliphatic heterocycles. The predicted molar refractivity (Wildman–Crippen MR) is 207 cm³/mol. The first-order valence-electron chi connectivity index (χ1n) is 21.2. The average molecular weight is 814 g/mol. The number of carbonyl (C=O) groups excluding carboxylic acids is 4. The van der Waals surface area contributed by atoms with Gasteiger partial charge in [-0.1, -0.05) is 51.4 Å². The van der Waals surface area contributed by atoms with Gasteiger partial charge in [-0.2, -0.15) is 5.26 Å². The van der Waals surface area contributed by atoms with Gasteiger partial charge in [0.2, 0.25) is 11.8 Å². The zero-order chi connectivity index (χ0) is 41.4. The van der Waals surface area contributed by atoms with Crippen molar-refractivity contribution in [1.29, 1.82) is 5.26 Å². The molecule has 16 heteroatoms. The van der Waals surface area contributed by atoms with E-state index in [1.54, 1.807) is 13.2 Å². The van der Waals surface area contributed by atoms with E-state index in [9.17, 15) is 24.4 Å². The quantitative estimate of drug-likeness (QED) is 0.0306. The van der Waals surface area contributed by atoms with E-state index in [2.05, 4.69) is 9.47 Å². The van der Waals surface area contributed by atoms with Crippen LogP contribution in [0, 0.1) is 11.5 Å². The third-order valence-electron chi connectivity index (χ3n) is 9.79. The SMILES string of the molecule is COC(=O)CCCCCCCCN(OC1CCCCO1)C(=O)CCOCC(C)(COCCC(=O)N(CCCCCCCCC(=O)OC)OC1CCCCO1)OC#N. The number of esters is 2. The standard InChI is InChI=1S/C41H71N3O13/c1-41(55-34-42,32-51-30-24-35(45)43(56-39-22-14-18-28-53-39)26-16-10-6-4-8-12-20-37(47)49-2)33-52-31-25-36(46)44(57-40-23-15-19-29-54-40)27-17-11-7-5-9-13-21-38(48)50-3/h39-40H,4-33H2,1-3H3. The van der Waals surface area contributed by atoms with Crippen LogP contribution in [-0.4, -0.2) is 119 Å². The summed E-state index contributed by atoms with van der Waals surface area (Å²) in [6.45, 7) is 3.86. The van der Waals surface area contributed by atoms with E-state index in [4.69, 9.17) is 33.4 Å². The van der Waals surface area contributed by atoms with E-state index in [1.807, 2.05) is 0 Å². The highest BCUT2D eigenvalue weighted by atomic mass is 16.8. The van der Waals surface area contributed by atoms with Crippen LogP contribution in [0.15, 0.2) is 0 Å². The largest absolute Gasteiger partial charge is 0.469 e. The molecule has 0 spiro atoms. The number of carbonyl (C=O) groups is 4. The summed E-state index contributed by atoms with van der Waals surface area (Å²) in [5, 5.41) is 12.1. The van der Waals surface area contributed by atoms with E-state index in [0.717, 1.165) is 116 Å². The lowest BCUT2D eigenvalue weighted by molar-refractivity contribution is -0.280. The maximum absolute atomic E-state index is 13.2. The van der Waals surface area contributed by atoms with Gasteiger partial charge in [0.15, 0.2) is 18.2 Å². The summed E-state index contributed by atoms with van der Waals surface area (Å²) in [5.74, 6) is -0.814. The zero-order valence-electron chi connectivity index (χ0n) is 35.0. The molecule has 0 saturated carbocycles. The van der Waals surface area contributed by atoms with Crippen LogP contribution in [0.2, 0.25) is 0 Å². The summed E-state index contributed by atoms with van der Waals surface area (Å²) >= 11 is 0. The summed E-state index contributed by atoms with van der Waals surface area (Å²) in [6, 6.07) is 0. The fraction of sp³-hybridized carbons (Fsp3) is 0.878. The van der Waals surface area contributed by atoms with Gasteiger partial charge in [-0.3, -0.25) is 19.2 Å². The van der Waals surface area contributed by atoms with Crippen molar-refractivity contribution in [3.8, 4) is 6.26 Å². The number of hydrogen-bond acceptors (Lipinski definition) is 14. The number of rotatable bonds is 33. The molecule has 2 heterocycles. The van der Waals surface area contributed by atoms with E-state index < -0.39 is 18.2 Å².